The highest BCUT2D eigenvalue weighted by atomic mass is 32.2. The quantitative estimate of drug-likeness (QED) is 0.671. The van der Waals surface area contributed by atoms with Gasteiger partial charge in [-0.15, -0.1) is 0 Å². The molecule has 3 heterocycles. The maximum absolute atomic E-state index is 5.04. The molecule has 0 saturated heterocycles. The topological polar surface area (TPSA) is 114 Å². The molecule has 3 aromatic rings. The minimum absolute atomic E-state index is 0.238. The maximum Gasteiger partial charge on any atom is 0.321 e. The van der Waals surface area contributed by atoms with Crippen LogP contribution in [0.25, 0.3) is 11.2 Å². The van der Waals surface area contributed by atoms with E-state index in [4.69, 9.17) is 4.74 Å². The van der Waals surface area contributed by atoms with E-state index in [9.17, 15) is 0 Å². The van der Waals surface area contributed by atoms with E-state index in [1.165, 1.54) is 25.2 Å². The number of nitrogens with zero attached hydrogens (tertiary/aromatic N) is 6. The van der Waals surface area contributed by atoms with E-state index in [0.29, 0.717) is 21.8 Å². The van der Waals surface area contributed by atoms with E-state index in [1.54, 1.807) is 13.4 Å². The Morgan fingerprint density at radius 2 is 2.10 bits per heavy atom. The minimum atomic E-state index is 0.238. The lowest BCUT2D eigenvalue weighted by molar-refractivity contribution is 0.374. The zero-order chi connectivity index (χ0) is 13.9. The van der Waals surface area contributed by atoms with Gasteiger partial charge < -0.3 is 15.0 Å². The first kappa shape index (κ1) is 12.5. The van der Waals surface area contributed by atoms with Gasteiger partial charge in [0, 0.05) is 7.05 Å². The Hall–Kier alpha value is -2.49. The van der Waals surface area contributed by atoms with Crippen LogP contribution in [0, 0.1) is 0 Å². The van der Waals surface area contributed by atoms with E-state index in [2.05, 4.69) is 40.2 Å². The van der Waals surface area contributed by atoms with Crippen molar-refractivity contribution < 1.29 is 4.74 Å². The van der Waals surface area contributed by atoms with Crippen molar-refractivity contribution in [3.05, 3.63) is 12.7 Å². The average molecular weight is 290 g/mol. The van der Waals surface area contributed by atoms with Crippen LogP contribution in [0.4, 0.5) is 5.95 Å². The van der Waals surface area contributed by atoms with Gasteiger partial charge >= 0.3 is 6.01 Å². The van der Waals surface area contributed by atoms with Crippen LogP contribution in [0.5, 0.6) is 6.01 Å². The van der Waals surface area contributed by atoms with Crippen LogP contribution < -0.4 is 10.1 Å². The highest BCUT2D eigenvalue weighted by Crippen LogP contribution is 2.28. The van der Waals surface area contributed by atoms with E-state index >= 15 is 0 Å². The predicted molar refractivity (Wildman–Crippen MR) is 71.7 cm³/mol. The largest absolute Gasteiger partial charge is 0.467 e. The van der Waals surface area contributed by atoms with Gasteiger partial charge in [-0.25, -0.2) is 15.0 Å². The summed E-state index contributed by atoms with van der Waals surface area (Å²) in [4.78, 5) is 27.8. The molecule has 3 aromatic heterocycles. The number of rotatable bonds is 4. The van der Waals surface area contributed by atoms with Crippen LogP contribution >= 0.6 is 11.8 Å². The lowest BCUT2D eigenvalue weighted by Crippen LogP contribution is -2.02. The Balaban J connectivity index is 2.00. The second kappa shape index (κ2) is 5.25. The van der Waals surface area contributed by atoms with Gasteiger partial charge in [0.1, 0.15) is 16.9 Å². The molecular formula is C10H10N8OS. The van der Waals surface area contributed by atoms with Crippen LogP contribution in [0.2, 0.25) is 0 Å². The van der Waals surface area contributed by atoms with Gasteiger partial charge in [0.05, 0.1) is 13.4 Å². The highest BCUT2D eigenvalue weighted by Gasteiger charge is 2.12. The van der Waals surface area contributed by atoms with Crippen molar-refractivity contribution in [3.8, 4) is 6.01 Å². The summed E-state index contributed by atoms with van der Waals surface area (Å²) in [6, 6.07) is 0.238. The Morgan fingerprint density at radius 1 is 1.20 bits per heavy atom. The molecule has 0 amide bonds. The molecule has 102 valence electrons. The lowest BCUT2D eigenvalue weighted by Gasteiger charge is -2.04. The Morgan fingerprint density at radius 3 is 2.90 bits per heavy atom. The molecule has 9 nitrogen and oxygen atoms in total. The number of aromatic nitrogens is 7. The van der Waals surface area contributed by atoms with E-state index in [-0.39, 0.29) is 6.01 Å². The molecule has 0 atom stereocenters. The van der Waals surface area contributed by atoms with Crippen LogP contribution in [0.1, 0.15) is 0 Å². The molecule has 0 saturated carbocycles. The Labute approximate surface area is 117 Å². The first-order valence-electron chi connectivity index (χ1n) is 5.60. The molecule has 2 N–H and O–H groups in total. The maximum atomic E-state index is 5.04. The number of methoxy groups -OCH3 is 1. The molecule has 0 aliphatic carbocycles. The highest BCUT2D eigenvalue weighted by molar-refractivity contribution is 7.99. The molecule has 0 bridgehead atoms. The number of anilines is 1. The molecule has 0 aromatic carbocycles. The normalized spacial score (nSPS) is 10.7. The van der Waals surface area contributed by atoms with Gasteiger partial charge in [0.15, 0.2) is 5.65 Å². The van der Waals surface area contributed by atoms with Crippen molar-refractivity contribution in [1.82, 2.24) is 34.9 Å². The fourth-order valence-corrected chi connectivity index (χ4v) is 2.27. The van der Waals surface area contributed by atoms with Crippen molar-refractivity contribution in [1.29, 1.82) is 0 Å². The first-order valence-corrected chi connectivity index (χ1v) is 6.41. The zero-order valence-corrected chi connectivity index (χ0v) is 11.5. The number of hydrogen-bond acceptors (Lipinski definition) is 9. The number of ether oxygens (including phenoxy) is 1. The molecular weight excluding hydrogens is 280 g/mol. The van der Waals surface area contributed by atoms with Crippen LogP contribution in [0.15, 0.2) is 22.8 Å². The summed E-state index contributed by atoms with van der Waals surface area (Å²) in [7, 11) is 3.22. The number of H-pyrrole nitrogens is 1. The van der Waals surface area contributed by atoms with Crippen LogP contribution in [-0.4, -0.2) is 49.0 Å². The third-order valence-electron chi connectivity index (χ3n) is 2.38. The summed E-state index contributed by atoms with van der Waals surface area (Å²) in [6.07, 6.45) is 3.01. The second-order valence-electron chi connectivity index (χ2n) is 3.56. The SMILES string of the molecule is CNc1nc(OC)nc(Sc2ncnc3nc[nH]c23)n1. The Bertz CT molecular complexity index is 723. The third-order valence-corrected chi connectivity index (χ3v) is 3.24. The van der Waals surface area contributed by atoms with Gasteiger partial charge in [-0.3, -0.25) is 0 Å². The number of fused-ring (bicyclic) bond motifs is 1. The third kappa shape index (κ3) is 2.32. The molecule has 0 unspecified atom stereocenters. The van der Waals surface area contributed by atoms with Gasteiger partial charge in [-0.2, -0.15) is 15.0 Å². The van der Waals surface area contributed by atoms with E-state index in [1.807, 2.05) is 0 Å². The van der Waals surface area contributed by atoms with E-state index < -0.39 is 0 Å². The van der Waals surface area contributed by atoms with Crippen LogP contribution in [-0.2, 0) is 0 Å². The lowest BCUT2D eigenvalue weighted by atomic mass is 10.6. The molecule has 0 aliphatic rings. The molecule has 0 spiro atoms. The monoisotopic (exact) mass is 290 g/mol. The smallest absolute Gasteiger partial charge is 0.321 e. The van der Waals surface area contributed by atoms with Crippen molar-refractivity contribution in [2.45, 2.75) is 10.2 Å². The van der Waals surface area contributed by atoms with E-state index in [0.717, 1.165) is 5.52 Å². The second-order valence-corrected chi connectivity index (χ2v) is 4.52. The molecule has 3 rings (SSSR count). The summed E-state index contributed by atoms with van der Waals surface area (Å²) < 4.78 is 5.04. The first-order chi connectivity index (χ1) is 9.80. The standard InChI is InChI=1S/C10H10N8OS/c1-11-8-16-9(19-2)18-10(17-8)20-7-5-6(13-3-12-5)14-4-15-7/h3-4H,1-2H3,(H,11,16,17,18)(H,12,13,14,15). The molecule has 10 heteroatoms. The number of aromatic amines is 1. The average Bonchev–Trinajstić information content (AvgIpc) is 2.96. The molecule has 20 heavy (non-hydrogen) atoms. The van der Waals surface area contributed by atoms with Gasteiger partial charge in [-0.1, -0.05) is 0 Å². The van der Waals surface area contributed by atoms with Crippen molar-refractivity contribution in [3.63, 3.8) is 0 Å². The van der Waals surface area contributed by atoms with Crippen LogP contribution in [0.3, 0.4) is 0 Å². The summed E-state index contributed by atoms with van der Waals surface area (Å²) >= 11 is 1.28. The summed E-state index contributed by atoms with van der Waals surface area (Å²) in [5.74, 6) is 0.425. The Kier molecular flexibility index (Phi) is 3.29. The number of hydrogen-bond donors (Lipinski definition) is 2. The predicted octanol–water partition coefficient (Wildman–Crippen LogP) is 0.739. The zero-order valence-electron chi connectivity index (χ0n) is 10.7. The number of imidazole rings is 1. The minimum Gasteiger partial charge on any atom is -0.467 e. The number of nitrogens with one attached hydrogen (secondary N) is 2. The van der Waals surface area contributed by atoms with Crippen molar-refractivity contribution >= 4 is 28.9 Å². The van der Waals surface area contributed by atoms with Crippen molar-refractivity contribution in [2.24, 2.45) is 0 Å². The van der Waals surface area contributed by atoms with Gasteiger partial charge in [0.25, 0.3) is 0 Å². The van der Waals surface area contributed by atoms with Gasteiger partial charge in [-0.05, 0) is 11.8 Å². The molecule has 0 fully saturated rings. The molecule has 0 aliphatic heterocycles. The summed E-state index contributed by atoms with van der Waals surface area (Å²) in [5.41, 5.74) is 1.33. The summed E-state index contributed by atoms with van der Waals surface area (Å²) in [5, 5.41) is 4.00. The fraction of sp³-hybridized carbons (Fsp3) is 0.200. The fourth-order valence-electron chi connectivity index (χ4n) is 1.49. The van der Waals surface area contributed by atoms with Gasteiger partial charge in [0.2, 0.25) is 11.1 Å². The van der Waals surface area contributed by atoms with Crippen molar-refractivity contribution in [2.75, 3.05) is 19.5 Å². The summed E-state index contributed by atoms with van der Waals surface area (Å²) in [6.45, 7) is 0. The molecule has 0 radical (unpaired) electrons.